The molecule has 0 unspecified atom stereocenters. The van der Waals surface area contributed by atoms with E-state index in [0.29, 0.717) is 11.3 Å². The maximum absolute atomic E-state index is 13.9. The van der Waals surface area contributed by atoms with Gasteiger partial charge in [-0.05, 0) is 18.2 Å². The van der Waals surface area contributed by atoms with Crippen molar-refractivity contribution in [3.63, 3.8) is 0 Å². The van der Waals surface area contributed by atoms with Crippen LogP contribution < -0.4 is 4.90 Å². The third-order valence-corrected chi connectivity index (χ3v) is 4.27. The van der Waals surface area contributed by atoms with E-state index in [1.165, 1.54) is 17.8 Å². The molecule has 0 saturated carbocycles. The molecule has 0 spiro atoms. The number of thioether (sulfide) groups is 1. The number of anilines is 1. The Morgan fingerprint density at radius 3 is 2.47 bits per heavy atom. The number of para-hydroxylation sites is 1. The summed E-state index contributed by atoms with van der Waals surface area (Å²) < 4.78 is 13.9. The van der Waals surface area contributed by atoms with E-state index in [9.17, 15) is 9.18 Å². The summed E-state index contributed by atoms with van der Waals surface area (Å²) in [7, 11) is 0. The van der Waals surface area contributed by atoms with Crippen LogP contribution in [-0.2, 0) is 4.79 Å². The van der Waals surface area contributed by atoms with Crippen LogP contribution in [-0.4, -0.2) is 11.7 Å². The van der Waals surface area contributed by atoms with Crippen LogP contribution in [0, 0.1) is 5.82 Å². The Labute approximate surface area is 115 Å². The molecular weight excluding hydrogens is 261 g/mol. The summed E-state index contributed by atoms with van der Waals surface area (Å²) in [6.07, 6.45) is 0. The Morgan fingerprint density at radius 2 is 1.74 bits per heavy atom. The van der Waals surface area contributed by atoms with Crippen LogP contribution in [0.4, 0.5) is 10.1 Å². The van der Waals surface area contributed by atoms with Gasteiger partial charge >= 0.3 is 0 Å². The number of halogens is 1. The van der Waals surface area contributed by atoms with E-state index >= 15 is 0 Å². The molecule has 3 rings (SSSR count). The van der Waals surface area contributed by atoms with Crippen molar-refractivity contribution >= 4 is 23.4 Å². The molecule has 4 heteroatoms. The minimum absolute atomic E-state index is 0.0180. The molecule has 1 heterocycles. The highest BCUT2D eigenvalue weighted by atomic mass is 32.2. The summed E-state index contributed by atoms with van der Waals surface area (Å²) >= 11 is 1.46. The number of hydrogen-bond acceptors (Lipinski definition) is 2. The molecule has 96 valence electrons. The molecule has 0 aromatic heterocycles. The number of benzene rings is 2. The van der Waals surface area contributed by atoms with E-state index in [4.69, 9.17) is 0 Å². The first-order chi connectivity index (χ1) is 9.27. The van der Waals surface area contributed by atoms with E-state index < -0.39 is 0 Å². The molecular formula is C15H12FNOS. The molecule has 1 atom stereocenters. The number of hydrogen-bond donors (Lipinski definition) is 0. The molecule has 0 N–H and O–H groups in total. The third kappa shape index (κ3) is 2.24. The molecule has 1 fully saturated rings. The summed E-state index contributed by atoms with van der Waals surface area (Å²) in [5.74, 6) is 0.133. The van der Waals surface area contributed by atoms with Crippen molar-refractivity contribution in [1.29, 1.82) is 0 Å². The van der Waals surface area contributed by atoms with Crippen molar-refractivity contribution in [3.05, 3.63) is 66.0 Å². The van der Waals surface area contributed by atoms with E-state index in [1.54, 1.807) is 23.1 Å². The van der Waals surface area contributed by atoms with Crippen molar-refractivity contribution < 1.29 is 9.18 Å². The second kappa shape index (κ2) is 5.05. The van der Waals surface area contributed by atoms with Crippen molar-refractivity contribution in [2.24, 2.45) is 0 Å². The van der Waals surface area contributed by atoms with Crippen LogP contribution in [0.15, 0.2) is 54.6 Å². The fraction of sp³-hybridized carbons (Fsp3) is 0.133. The average Bonchev–Trinajstić information content (AvgIpc) is 2.82. The monoisotopic (exact) mass is 273 g/mol. The van der Waals surface area contributed by atoms with Gasteiger partial charge < -0.3 is 0 Å². The SMILES string of the molecule is O=C1CS[C@@H](c2ccccc2F)N1c1ccccc1. The van der Waals surface area contributed by atoms with E-state index in [0.717, 1.165) is 5.69 Å². The summed E-state index contributed by atoms with van der Waals surface area (Å²) in [4.78, 5) is 13.7. The van der Waals surface area contributed by atoms with Gasteiger partial charge in [-0.1, -0.05) is 36.4 Å². The van der Waals surface area contributed by atoms with Gasteiger partial charge in [0.1, 0.15) is 11.2 Å². The summed E-state index contributed by atoms with van der Waals surface area (Å²) in [6, 6.07) is 16.0. The lowest BCUT2D eigenvalue weighted by Gasteiger charge is -2.24. The van der Waals surface area contributed by atoms with Gasteiger partial charge in [0, 0.05) is 11.3 Å². The highest BCUT2D eigenvalue weighted by molar-refractivity contribution is 8.00. The highest BCUT2D eigenvalue weighted by Crippen LogP contribution is 2.42. The van der Waals surface area contributed by atoms with Gasteiger partial charge in [0.25, 0.3) is 0 Å². The minimum Gasteiger partial charge on any atom is -0.295 e. The van der Waals surface area contributed by atoms with Gasteiger partial charge in [0.2, 0.25) is 5.91 Å². The zero-order chi connectivity index (χ0) is 13.2. The number of carbonyl (C=O) groups excluding carboxylic acids is 1. The van der Waals surface area contributed by atoms with Crippen molar-refractivity contribution in [3.8, 4) is 0 Å². The highest BCUT2D eigenvalue weighted by Gasteiger charge is 2.35. The van der Waals surface area contributed by atoms with Crippen molar-refractivity contribution in [2.45, 2.75) is 5.37 Å². The van der Waals surface area contributed by atoms with Crippen LogP contribution in [0.2, 0.25) is 0 Å². The van der Waals surface area contributed by atoms with E-state index in [-0.39, 0.29) is 17.1 Å². The first-order valence-electron chi connectivity index (χ1n) is 6.00. The van der Waals surface area contributed by atoms with Crippen LogP contribution >= 0.6 is 11.8 Å². The Morgan fingerprint density at radius 1 is 1.05 bits per heavy atom. The predicted octanol–water partition coefficient (Wildman–Crippen LogP) is 3.60. The summed E-state index contributed by atoms with van der Waals surface area (Å²) in [5.41, 5.74) is 1.37. The van der Waals surface area contributed by atoms with Crippen LogP contribution in [0.3, 0.4) is 0 Å². The zero-order valence-electron chi connectivity index (χ0n) is 10.1. The summed E-state index contributed by atoms with van der Waals surface area (Å²) in [5, 5.41) is -0.281. The first-order valence-corrected chi connectivity index (χ1v) is 7.05. The van der Waals surface area contributed by atoms with Gasteiger partial charge in [-0.25, -0.2) is 4.39 Å². The fourth-order valence-electron chi connectivity index (χ4n) is 2.20. The second-order valence-electron chi connectivity index (χ2n) is 4.28. The van der Waals surface area contributed by atoms with Gasteiger partial charge in [-0.15, -0.1) is 11.8 Å². The predicted molar refractivity (Wildman–Crippen MR) is 75.5 cm³/mol. The quantitative estimate of drug-likeness (QED) is 0.833. The standard InChI is InChI=1S/C15H12FNOS/c16-13-9-5-4-8-12(13)15-17(14(18)10-19-15)11-6-2-1-3-7-11/h1-9,15H,10H2/t15-/m0/s1. The lowest BCUT2D eigenvalue weighted by molar-refractivity contribution is -0.115. The number of rotatable bonds is 2. The molecule has 0 aliphatic carbocycles. The number of amides is 1. The number of nitrogens with zero attached hydrogens (tertiary/aromatic N) is 1. The molecule has 0 radical (unpaired) electrons. The van der Waals surface area contributed by atoms with Gasteiger partial charge in [-0.2, -0.15) is 0 Å². The Kier molecular flexibility index (Phi) is 3.25. The Bertz CT molecular complexity index is 602. The number of carbonyl (C=O) groups is 1. The van der Waals surface area contributed by atoms with Gasteiger partial charge in [-0.3, -0.25) is 9.69 Å². The molecule has 2 nitrogen and oxygen atoms in total. The summed E-state index contributed by atoms with van der Waals surface area (Å²) in [6.45, 7) is 0. The van der Waals surface area contributed by atoms with Crippen LogP contribution in [0.5, 0.6) is 0 Å². The lowest BCUT2D eigenvalue weighted by Crippen LogP contribution is -2.28. The second-order valence-corrected chi connectivity index (χ2v) is 5.35. The topological polar surface area (TPSA) is 20.3 Å². The van der Waals surface area contributed by atoms with E-state index in [1.807, 2.05) is 30.3 Å². The lowest BCUT2D eigenvalue weighted by atomic mass is 10.1. The smallest absolute Gasteiger partial charge is 0.238 e. The Hall–Kier alpha value is -1.81. The molecule has 1 saturated heterocycles. The maximum atomic E-state index is 13.9. The third-order valence-electron chi connectivity index (χ3n) is 3.07. The Balaban J connectivity index is 2.02. The fourth-order valence-corrected chi connectivity index (χ4v) is 3.40. The van der Waals surface area contributed by atoms with Gasteiger partial charge in [0.05, 0.1) is 5.75 Å². The first kappa shape index (κ1) is 12.2. The van der Waals surface area contributed by atoms with Gasteiger partial charge in [0.15, 0.2) is 0 Å². The van der Waals surface area contributed by atoms with Crippen molar-refractivity contribution in [1.82, 2.24) is 0 Å². The van der Waals surface area contributed by atoms with Crippen molar-refractivity contribution in [2.75, 3.05) is 10.7 Å². The molecule has 19 heavy (non-hydrogen) atoms. The average molecular weight is 273 g/mol. The molecule has 2 aromatic rings. The van der Waals surface area contributed by atoms with E-state index in [2.05, 4.69) is 0 Å². The maximum Gasteiger partial charge on any atom is 0.238 e. The molecule has 1 aliphatic rings. The molecule has 2 aromatic carbocycles. The molecule has 1 aliphatic heterocycles. The zero-order valence-corrected chi connectivity index (χ0v) is 10.9. The van der Waals surface area contributed by atoms with Crippen LogP contribution in [0.25, 0.3) is 0 Å². The van der Waals surface area contributed by atoms with Crippen LogP contribution in [0.1, 0.15) is 10.9 Å². The normalized spacial score (nSPS) is 18.9. The largest absolute Gasteiger partial charge is 0.295 e. The minimum atomic E-state index is -0.281. The molecule has 0 bridgehead atoms. The molecule has 1 amide bonds.